The molecule has 1 N–H and O–H groups in total. The summed E-state index contributed by atoms with van der Waals surface area (Å²) in [7, 11) is 0. The maximum absolute atomic E-state index is 15.2. The second kappa shape index (κ2) is 10.8. The molecule has 1 fully saturated rings. The molecule has 1 aromatic carbocycles. The van der Waals surface area contributed by atoms with Crippen molar-refractivity contribution >= 4 is 22.6 Å². The summed E-state index contributed by atoms with van der Waals surface area (Å²) in [5, 5.41) is 3.90. The van der Waals surface area contributed by atoms with E-state index >= 15 is 4.39 Å². The van der Waals surface area contributed by atoms with Gasteiger partial charge in [0.2, 0.25) is 5.78 Å². The van der Waals surface area contributed by atoms with Gasteiger partial charge in [-0.3, -0.25) is 9.78 Å². The van der Waals surface area contributed by atoms with Crippen molar-refractivity contribution in [1.82, 2.24) is 30.1 Å². The number of benzene rings is 1. The van der Waals surface area contributed by atoms with Gasteiger partial charge in [-0.15, -0.1) is 0 Å². The molecular formula is C31H32FN7O2. The normalized spacial score (nSPS) is 14.1. The van der Waals surface area contributed by atoms with E-state index in [-0.39, 0.29) is 29.9 Å². The molecule has 1 aliphatic rings. The van der Waals surface area contributed by atoms with Crippen LogP contribution in [0, 0.1) is 5.82 Å². The van der Waals surface area contributed by atoms with Crippen LogP contribution in [0.2, 0.25) is 0 Å². The van der Waals surface area contributed by atoms with Gasteiger partial charge in [0.1, 0.15) is 11.5 Å². The van der Waals surface area contributed by atoms with E-state index in [4.69, 9.17) is 4.52 Å². The van der Waals surface area contributed by atoms with E-state index in [1.54, 1.807) is 12.3 Å². The summed E-state index contributed by atoms with van der Waals surface area (Å²) in [6, 6.07) is 10.9. The minimum atomic E-state index is -0.393. The van der Waals surface area contributed by atoms with Crippen LogP contribution in [-0.2, 0) is 11.8 Å². The number of halogens is 1. The van der Waals surface area contributed by atoms with Gasteiger partial charge in [0, 0.05) is 36.7 Å². The molecule has 0 bridgehead atoms. The molecule has 9 nitrogen and oxygen atoms in total. The maximum Gasteiger partial charge on any atom is 0.294 e. The van der Waals surface area contributed by atoms with E-state index < -0.39 is 5.82 Å². The Kier molecular flexibility index (Phi) is 7.07. The first-order valence-corrected chi connectivity index (χ1v) is 14.0. The largest absolute Gasteiger partial charge is 0.370 e. The zero-order valence-corrected chi connectivity index (χ0v) is 23.4. The van der Waals surface area contributed by atoms with Gasteiger partial charge in [0.25, 0.3) is 5.89 Å². The number of nitrogens with zero attached hydrogens (tertiary/aromatic N) is 6. The molecule has 0 aliphatic carbocycles. The number of ketones is 1. The Morgan fingerprint density at radius 1 is 1.05 bits per heavy atom. The van der Waals surface area contributed by atoms with Gasteiger partial charge in [0.05, 0.1) is 17.4 Å². The summed E-state index contributed by atoms with van der Waals surface area (Å²) < 4.78 is 20.3. The highest BCUT2D eigenvalue weighted by Gasteiger charge is 2.24. The van der Waals surface area contributed by atoms with Crippen molar-refractivity contribution in [2.24, 2.45) is 0 Å². The molecule has 0 saturated carbocycles. The third kappa shape index (κ3) is 5.59. The van der Waals surface area contributed by atoms with E-state index in [9.17, 15) is 4.79 Å². The topological polar surface area (TPSA) is 114 Å². The van der Waals surface area contributed by atoms with Crippen LogP contribution >= 0.6 is 0 Å². The standard InChI is InChI=1S/C31H32FN7O2/c1-31(2,3)30-37-29(41-38-30)25(40)12-9-19-7-8-20(17-23(19)32)22-13-14-33-28-26(22)35-27(36-28)24-11-10-21(18-34-24)39-15-5-4-6-16-39/h7-8,10-11,13-14,17-18H,4-6,9,12,15-16H2,1-3H3,(H,33,35,36). The highest BCUT2D eigenvalue weighted by Crippen LogP contribution is 2.30. The Labute approximate surface area is 237 Å². The van der Waals surface area contributed by atoms with Gasteiger partial charge in [0.15, 0.2) is 17.3 Å². The predicted octanol–water partition coefficient (Wildman–Crippen LogP) is 6.31. The molecule has 210 valence electrons. The summed E-state index contributed by atoms with van der Waals surface area (Å²) in [6.45, 7) is 7.93. The molecule has 0 spiro atoms. The van der Waals surface area contributed by atoms with Crippen molar-refractivity contribution in [2.75, 3.05) is 18.0 Å². The highest BCUT2D eigenvalue weighted by atomic mass is 19.1. The molecule has 41 heavy (non-hydrogen) atoms. The molecule has 6 rings (SSSR count). The molecule has 4 aromatic heterocycles. The Balaban J connectivity index is 1.19. The number of hydrogen-bond acceptors (Lipinski definition) is 8. The van der Waals surface area contributed by atoms with E-state index in [0.717, 1.165) is 30.0 Å². The number of aryl methyl sites for hydroxylation is 1. The van der Waals surface area contributed by atoms with Gasteiger partial charge in [-0.05, 0) is 61.1 Å². The van der Waals surface area contributed by atoms with E-state index in [0.29, 0.717) is 33.9 Å². The Morgan fingerprint density at radius 2 is 1.88 bits per heavy atom. The fraction of sp³-hybridized carbons (Fsp3) is 0.355. The fourth-order valence-corrected chi connectivity index (χ4v) is 5.05. The summed E-state index contributed by atoms with van der Waals surface area (Å²) in [5.41, 5.74) is 4.64. The first kappa shape index (κ1) is 26.7. The van der Waals surface area contributed by atoms with Crippen LogP contribution in [0.1, 0.15) is 68.5 Å². The minimum absolute atomic E-state index is 0.0446. The summed E-state index contributed by atoms with van der Waals surface area (Å²) in [6.07, 6.45) is 7.53. The van der Waals surface area contributed by atoms with Gasteiger partial charge in [-0.2, -0.15) is 4.98 Å². The van der Waals surface area contributed by atoms with E-state index in [1.807, 2.05) is 45.2 Å². The summed E-state index contributed by atoms with van der Waals surface area (Å²) in [4.78, 5) is 36.2. The van der Waals surface area contributed by atoms with Crippen LogP contribution in [0.5, 0.6) is 0 Å². The second-order valence-corrected chi connectivity index (χ2v) is 11.5. The predicted molar refractivity (Wildman–Crippen MR) is 154 cm³/mol. The maximum atomic E-state index is 15.2. The molecular weight excluding hydrogens is 521 g/mol. The number of piperidine rings is 1. The minimum Gasteiger partial charge on any atom is -0.370 e. The zero-order chi connectivity index (χ0) is 28.6. The molecule has 5 heterocycles. The molecule has 5 aromatic rings. The van der Waals surface area contributed by atoms with Crippen molar-refractivity contribution in [3.05, 3.63) is 71.9 Å². The lowest BCUT2D eigenvalue weighted by molar-refractivity contribution is 0.0940. The lowest BCUT2D eigenvalue weighted by Gasteiger charge is -2.28. The summed E-state index contributed by atoms with van der Waals surface area (Å²) in [5.74, 6) is 0.325. The number of H-pyrrole nitrogens is 1. The van der Waals surface area contributed by atoms with Crippen LogP contribution < -0.4 is 4.90 Å². The molecule has 0 amide bonds. The summed E-state index contributed by atoms with van der Waals surface area (Å²) >= 11 is 0. The van der Waals surface area contributed by atoms with E-state index in [1.165, 1.54) is 25.3 Å². The molecule has 1 saturated heterocycles. The number of carbonyl (C=O) groups is 1. The zero-order valence-electron chi connectivity index (χ0n) is 23.4. The highest BCUT2D eigenvalue weighted by molar-refractivity contribution is 5.92. The molecule has 0 radical (unpaired) electrons. The number of imidazole rings is 1. The first-order valence-electron chi connectivity index (χ1n) is 14.0. The number of aromatic nitrogens is 6. The molecule has 10 heteroatoms. The third-order valence-corrected chi connectivity index (χ3v) is 7.42. The van der Waals surface area contributed by atoms with Crippen LogP contribution in [0.3, 0.4) is 0 Å². The number of fused-ring (bicyclic) bond motifs is 1. The number of Topliss-reactive ketones (excluding diaryl/α,β-unsaturated/α-hetero) is 1. The van der Waals surface area contributed by atoms with Crippen molar-refractivity contribution in [3.63, 3.8) is 0 Å². The van der Waals surface area contributed by atoms with Crippen LogP contribution in [0.4, 0.5) is 10.1 Å². The molecule has 1 aliphatic heterocycles. The SMILES string of the molecule is CC(C)(C)c1noc(C(=O)CCc2ccc(-c3ccnc4nc(-c5ccc(N6CCCCC6)cn5)[nH]c34)cc2F)n1. The lowest BCUT2D eigenvalue weighted by atomic mass is 9.96. The van der Waals surface area contributed by atoms with Crippen LogP contribution in [0.15, 0.2) is 53.3 Å². The van der Waals surface area contributed by atoms with Gasteiger partial charge >= 0.3 is 0 Å². The molecule has 0 unspecified atom stereocenters. The van der Waals surface area contributed by atoms with Crippen LogP contribution in [-0.4, -0.2) is 48.9 Å². The van der Waals surface area contributed by atoms with Gasteiger partial charge in [-0.1, -0.05) is 38.1 Å². The number of nitrogens with one attached hydrogen (secondary N) is 1. The second-order valence-electron chi connectivity index (χ2n) is 11.5. The number of aromatic amines is 1. The van der Waals surface area contributed by atoms with Crippen molar-refractivity contribution in [2.45, 2.75) is 58.3 Å². The number of rotatable bonds is 7. The first-order chi connectivity index (χ1) is 19.8. The van der Waals surface area contributed by atoms with Gasteiger partial charge < -0.3 is 14.4 Å². The number of anilines is 1. The Morgan fingerprint density at radius 3 is 2.59 bits per heavy atom. The van der Waals surface area contributed by atoms with E-state index in [2.05, 4.69) is 41.0 Å². The van der Waals surface area contributed by atoms with Gasteiger partial charge in [-0.25, -0.2) is 14.4 Å². The average molecular weight is 554 g/mol. The fourth-order valence-electron chi connectivity index (χ4n) is 5.05. The van der Waals surface area contributed by atoms with Crippen LogP contribution in [0.25, 0.3) is 33.8 Å². The Bertz CT molecular complexity index is 1700. The quantitative estimate of drug-likeness (QED) is 0.233. The van der Waals surface area contributed by atoms with Crippen molar-refractivity contribution < 1.29 is 13.7 Å². The van der Waals surface area contributed by atoms with Crippen molar-refractivity contribution in [3.8, 4) is 22.6 Å². The smallest absolute Gasteiger partial charge is 0.294 e. The average Bonchev–Trinajstić information content (AvgIpc) is 3.65. The monoisotopic (exact) mass is 553 g/mol. The lowest BCUT2D eigenvalue weighted by Crippen LogP contribution is -2.29. The molecule has 0 atom stereocenters. The number of carbonyl (C=O) groups excluding carboxylic acids is 1. The number of hydrogen-bond donors (Lipinski definition) is 1. The Hall–Kier alpha value is -4.47. The third-order valence-electron chi connectivity index (χ3n) is 7.42. The van der Waals surface area contributed by atoms with Crippen molar-refractivity contribution in [1.29, 1.82) is 0 Å². The number of pyridine rings is 2.